The lowest BCUT2D eigenvalue weighted by molar-refractivity contribution is -0.139. The lowest BCUT2D eigenvalue weighted by Crippen LogP contribution is -2.32. The quantitative estimate of drug-likeness (QED) is 0.182. The summed E-state index contributed by atoms with van der Waals surface area (Å²) in [7, 11) is 3.94. The van der Waals surface area contributed by atoms with Gasteiger partial charge in [0.15, 0.2) is 0 Å². The second-order valence-electron chi connectivity index (χ2n) is 9.30. The van der Waals surface area contributed by atoms with Crippen LogP contribution in [0, 0.1) is 0 Å². The van der Waals surface area contributed by atoms with Gasteiger partial charge in [0.1, 0.15) is 17.3 Å². The van der Waals surface area contributed by atoms with Crippen LogP contribution in [0.1, 0.15) is 56.7 Å². The van der Waals surface area contributed by atoms with Crippen LogP contribution < -0.4 is 9.47 Å². The molecule has 1 atom stereocenters. The molecule has 2 aromatic carbocycles. The summed E-state index contributed by atoms with van der Waals surface area (Å²) in [5.41, 5.74) is 1.29. The van der Waals surface area contributed by atoms with E-state index in [9.17, 15) is 14.7 Å². The van der Waals surface area contributed by atoms with E-state index in [1.807, 2.05) is 50.2 Å². The monoisotopic (exact) mass is 494 g/mol. The molecule has 1 aliphatic rings. The minimum atomic E-state index is -0.696. The Morgan fingerprint density at radius 2 is 1.67 bits per heavy atom. The molecule has 2 aromatic rings. The van der Waals surface area contributed by atoms with Gasteiger partial charge < -0.3 is 24.4 Å². The highest BCUT2D eigenvalue weighted by atomic mass is 16.5. The molecular formula is C29H38N2O5. The van der Waals surface area contributed by atoms with Gasteiger partial charge in [0.25, 0.3) is 11.7 Å². The third kappa shape index (κ3) is 6.66. The number of likely N-dealkylation sites (tertiary alicyclic amines) is 1. The predicted octanol–water partition coefficient (Wildman–Crippen LogP) is 5.03. The first kappa shape index (κ1) is 27.3. The number of carbonyl (C=O) groups is 2. The first-order valence-corrected chi connectivity index (χ1v) is 12.8. The zero-order valence-corrected chi connectivity index (χ0v) is 21.8. The van der Waals surface area contributed by atoms with Gasteiger partial charge >= 0.3 is 0 Å². The second-order valence-corrected chi connectivity index (χ2v) is 9.30. The average molecular weight is 495 g/mol. The number of nitrogens with zero attached hydrogens (tertiary/aromatic N) is 2. The zero-order valence-electron chi connectivity index (χ0n) is 21.8. The highest BCUT2D eigenvalue weighted by molar-refractivity contribution is 6.46. The number of ether oxygens (including phenoxy) is 2. The van der Waals surface area contributed by atoms with E-state index in [4.69, 9.17) is 9.47 Å². The van der Waals surface area contributed by atoms with Crippen LogP contribution in [0.4, 0.5) is 0 Å². The molecule has 7 nitrogen and oxygen atoms in total. The first-order valence-electron chi connectivity index (χ1n) is 12.8. The summed E-state index contributed by atoms with van der Waals surface area (Å²) >= 11 is 0. The lowest BCUT2D eigenvalue weighted by Gasteiger charge is -2.26. The van der Waals surface area contributed by atoms with Gasteiger partial charge in [0, 0.05) is 12.1 Å². The molecule has 0 spiro atoms. The topological polar surface area (TPSA) is 79.3 Å². The van der Waals surface area contributed by atoms with E-state index in [2.05, 4.69) is 6.92 Å². The smallest absolute Gasteiger partial charge is 0.295 e. The number of carbonyl (C=O) groups excluding carboxylic acids is 2. The van der Waals surface area contributed by atoms with Gasteiger partial charge in [-0.3, -0.25) is 9.59 Å². The van der Waals surface area contributed by atoms with Crippen molar-refractivity contribution in [3.05, 3.63) is 65.2 Å². The molecule has 0 saturated carbocycles. The van der Waals surface area contributed by atoms with Gasteiger partial charge in [-0.2, -0.15) is 0 Å². The fourth-order valence-electron chi connectivity index (χ4n) is 4.21. The van der Waals surface area contributed by atoms with Crippen molar-refractivity contribution in [2.45, 2.75) is 45.6 Å². The molecule has 36 heavy (non-hydrogen) atoms. The Labute approximate surface area is 214 Å². The third-order valence-electron chi connectivity index (χ3n) is 6.09. The number of ketones is 1. The molecule has 0 aliphatic carbocycles. The number of unbranched alkanes of at least 4 members (excludes halogenated alkanes) is 1. The average Bonchev–Trinajstić information content (AvgIpc) is 3.12. The van der Waals surface area contributed by atoms with Crippen molar-refractivity contribution in [1.29, 1.82) is 0 Å². The molecule has 1 heterocycles. The summed E-state index contributed by atoms with van der Waals surface area (Å²) in [6.07, 6.45) is 3.55. The molecule has 7 heteroatoms. The molecular weight excluding hydrogens is 456 g/mol. The molecule has 0 radical (unpaired) electrons. The maximum Gasteiger partial charge on any atom is 0.295 e. The van der Waals surface area contributed by atoms with E-state index in [1.54, 1.807) is 29.2 Å². The van der Waals surface area contributed by atoms with Crippen molar-refractivity contribution in [2.24, 2.45) is 0 Å². The Bertz CT molecular complexity index is 1060. The molecule has 1 fully saturated rings. The summed E-state index contributed by atoms with van der Waals surface area (Å²) < 4.78 is 11.5. The van der Waals surface area contributed by atoms with Crippen LogP contribution in [0.3, 0.4) is 0 Å². The van der Waals surface area contributed by atoms with Crippen LogP contribution in [0.2, 0.25) is 0 Å². The standard InChI is InChI=1S/C29H38N2O5/c1-5-7-19-36-24-11-8-10-22(20-24)26-25(28(33)29(34)31(26)17-9-16-30(3)4)27(32)21-12-14-23(15-13-21)35-18-6-2/h8,10-15,20,26,32H,5-7,9,16-19H2,1-4H3/b27-25+. The molecule has 1 aliphatic heterocycles. The van der Waals surface area contributed by atoms with Crippen LogP contribution in [0.25, 0.3) is 5.76 Å². The van der Waals surface area contributed by atoms with E-state index in [1.165, 1.54) is 0 Å². The van der Waals surface area contributed by atoms with Gasteiger partial charge in [-0.15, -0.1) is 0 Å². The maximum absolute atomic E-state index is 13.2. The second kappa shape index (κ2) is 13.1. The fraction of sp³-hybridized carbons (Fsp3) is 0.448. The number of aliphatic hydroxyl groups is 1. The first-order chi connectivity index (χ1) is 17.4. The number of hydrogen-bond acceptors (Lipinski definition) is 6. The van der Waals surface area contributed by atoms with Gasteiger partial charge in [-0.05, 0) is 81.9 Å². The third-order valence-corrected chi connectivity index (χ3v) is 6.09. The van der Waals surface area contributed by atoms with Gasteiger partial charge in [0.2, 0.25) is 0 Å². The van der Waals surface area contributed by atoms with Gasteiger partial charge in [-0.1, -0.05) is 32.4 Å². The van der Waals surface area contributed by atoms with Crippen LogP contribution >= 0.6 is 0 Å². The zero-order chi connectivity index (χ0) is 26.1. The van der Waals surface area contributed by atoms with Crippen LogP contribution in [0.5, 0.6) is 11.5 Å². The molecule has 0 bridgehead atoms. The Morgan fingerprint density at radius 1 is 0.944 bits per heavy atom. The summed E-state index contributed by atoms with van der Waals surface area (Å²) in [6.45, 7) is 6.49. The summed E-state index contributed by atoms with van der Waals surface area (Å²) in [5.74, 6) is -0.0949. The Kier molecular flexibility index (Phi) is 9.94. The van der Waals surface area contributed by atoms with E-state index >= 15 is 0 Å². The molecule has 0 aromatic heterocycles. The number of benzene rings is 2. The largest absolute Gasteiger partial charge is 0.507 e. The maximum atomic E-state index is 13.2. The molecule has 1 N–H and O–H groups in total. The molecule has 194 valence electrons. The van der Waals surface area contributed by atoms with E-state index in [0.29, 0.717) is 43.2 Å². The summed E-state index contributed by atoms with van der Waals surface area (Å²) in [5, 5.41) is 11.3. The summed E-state index contributed by atoms with van der Waals surface area (Å²) in [4.78, 5) is 30.0. The highest BCUT2D eigenvalue weighted by Crippen LogP contribution is 2.40. The van der Waals surface area contributed by atoms with E-state index < -0.39 is 17.7 Å². The molecule has 3 rings (SSSR count). The Morgan fingerprint density at radius 3 is 2.33 bits per heavy atom. The van der Waals surface area contributed by atoms with E-state index in [0.717, 1.165) is 31.4 Å². The van der Waals surface area contributed by atoms with E-state index in [-0.39, 0.29) is 11.3 Å². The molecule has 1 amide bonds. The van der Waals surface area contributed by atoms with Crippen LogP contribution in [0.15, 0.2) is 54.1 Å². The molecule has 1 unspecified atom stereocenters. The predicted molar refractivity (Wildman–Crippen MR) is 141 cm³/mol. The minimum Gasteiger partial charge on any atom is -0.507 e. The van der Waals surface area contributed by atoms with Crippen molar-refractivity contribution in [3.63, 3.8) is 0 Å². The van der Waals surface area contributed by atoms with Crippen molar-refractivity contribution in [2.75, 3.05) is 40.4 Å². The van der Waals surface area contributed by atoms with Crippen LogP contribution in [-0.4, -0.2) is 67.0 Å². The Hall–Kier alpha value is -3.32. The van der Waals surface area contributed by atoms with Crippen molar-refractivity contribution >= 4 is 17.4 Å². The van der Waals surface area contributed by atoms with Gasteiger partial charge in [-0.25, -0.2) is 0 Å². The fourth-order valence-corrected chi connectivity index (χ4v) is 4.21. The number of rotatable bonds is 13. The van der Waals surface area contributed by atoms with Crippen molar-refractivity contribution < 1.29 is 24.2 Å². The minimum absolute atomic E-state index is 0.0952. The number of Topliss-reactive ketones (excluding diaryl/α,β-unsaturated/α-hetero) is 1. The summed E-state index contributed by atoms with van der Waals surface area (Å²) in [6, 6.07) is 13.7. The SMILES string of the molecule is CCCCOc1cccc(C2/C(=C(\O)c3ccc(OCCC)cc3)C(=O)C(=O)N2CCCN(C)C)c1. The number of amides is 1. The van der Waals surface area contributed by atoms with Crippen molar-refractivity contribution in [1.82, 2.24) is 9.80 Å². The highest BCUT2D eigenvalue weighted by Gasteiger charge is 2.45. The Balaban J connectivity index is 2.01. The number of aliphatic hydroxyl groups excluding tert-OH is 1. The van der Waals surface area contributed by atoms with Crippen molar-refractivity contribution in [3.8, 4) is 11.5 Å². The number of hydrogen-bond donors (Lipinski definition) is 1. The van der Waals surface area contributed by atoms with Gasteiger partial charge in [0.05, 0.1) is 24.8 Å². The van der Waals surface area contributed by atoms with Crippen LogP contribution in [-0.2, 0) is 9.59 Å². The lowest BCUT2D eigenvalue weighted by atomic mass is 9.95. The molecule has 1 saturated heterocycles. The normalized spacial score (nSPS) is 17.1.